The van der Waals surface area contributed by atoms with Crippen LogP contribution in [0.3, 0.4) is 0 Å². The van der Waals surface area contributed by atoms with Gasteiger partial charge in [0, 0.05) is 42.2 Å². The average molecular weight is 440 g/mol. The van der Waals surface area contributed by atoms with Crippen molar-refractivity contribution in [2.75, 3.05) is 40.9 Å². The Balaban J connectivity index is 1.60. The smallest absolute Gasteiger partial charge is 0.229 e. The number of para-hydroxylation sites is 1. The van der Waals surface area contributed by atoms with Crippen LogP contribution in [0.1, 0.15) is 31.4 Å². The van der Waals surface area contributed by atoms with E-state index in [0.717, 1.165) is 48.3 Å². The van der Waals surface area contributed by atoms with Crippen LogP contribution in [-0.2, 0) is 26.7 Å². The molecule has 2 heterocycles. The van der Waals surface area contributed by atoms with Crippen molar-refractivity contribution in [3.63, 3.8) is 0 Å². The molecule has 0 spiro atoms. The number of hydrogen-bond donors (Lipinski definition) is 1. The molecule has 0 saturated carbocycles. The van der Waals surface area contributed by atoms with E-state index < -0.39 is 10.0 Å². The molecular weight excluding hydrogens is 410 g/mol. The molecule has 1 N–H and O–H groups in total. The molecule has 2 aliphatic heterocycles. The molecule has 164 valence electrons. The molecule has 0 atom stereocenters. The van der Waals surface area contributed by atoms with E-state index in [2.05, 4.69) is 40.5 Å². The zero-order valence-corrected chi connectivity index (χ0v) is 19.3. The summed E-state index contributed by atoms with van der Waals surface area (Å²) in [4.78, 5) is 17.3. The number of fused-ring (bicyclic) bond motifs is 2. The molecule has 0 bridgehead atoms. The Hall–Kier alpha value is -2.80. The number of carbonyl (C=O) groups is 1. The molecule has 0 aromatic heterocycles. The summed E-state index contributed by atoms with van der Waals surface area (Å²) in [7, 11) is -1.36. The van der Waals surface area contributed by atoms with Crippen molar-refractivity contribution in [3.8, 4) is 0 Å². The second kappa shape index (κ2) is 7.71. The Morgan fingerprint density at radius 1 is 1.13 bits per heavy atom. The minimum Gasteiger partial charge on any atom is -0.364 e. The van der Waals surface area contributed by atoms with Crippen LogP contribution in [0.15, 0.2) is 54.2 Å². The standard InChI is InChI=1S/C24H29N3O3S/c1-24(2)19-10-5-6-12-22(19)26(3)23(24)15-17(28)16-27-14-8-9-18-20(25-31(4,29)30)11-7-13-21(18)27/h5-7,10-13,15,25H,8-9,14,16H2,1-4H3/b23-15-. The highest BCUT2D eigenvalue weighted by molar-refractivity contribution is 7.92. The van der Waals surface area contributed by atoms with E-state index in [4.69, 9.17) is 0 Å². The molecule has 7 heteroatoms. The maximum Gasteiger partial charge on any atom is 0.229 e. The number of anilines is 3. The summed E-state index contributed by atoms with van der Waals surface area (Å²) in [5, 5.41) is 0. The van der Waals surface area contributed by atoms with Gasteiger partial charge in [-0.1, -0.05) is 38.1 Å². The van der Waals surface area contributed by atoms with Gasteiger partial charge in [0.15, 0.2) is 5.78 Å². The van der Waals surface area contributed by atoms with Gasteiger partial charge in [0.2, 0.25) is 10.0 Å². The molecule has 2 aliphatic rings. The summed E-state index contributed by atoms with van der Waals surface area (Å²) in [6.45, 7) is 5.32. The van der Waals surface area contributed by atoms with Gasteiger partial charge in [-0.3, -0.25) is 9.52 Å². The molecule has 0 fully saturated rings. The molecule has 31 heavy (non-hydrogen) atoms. The molecular formula is C24H29N3O3S. The van der Waals surface area contributed by atoms with Gasteiger partial charge in [0.05, 0.1) is 18.5 Å². The second-order valence-corrected chi connectivity index (χ2v) is 10.6. The summed E-state index contributed by atoms with van der Waals surface area (Å²) in [5.74, 6) is 0.0389. The number of carbonyl (C=O) groups excluding carboxylic acids is 1. The number of benzene rings is 2. The minimum absolute atomic E-state index is 0.0389. The Kier molecular flexibility index (Phi) is 5.33. The van der Waals surface area contributed by atoms with Crippen LogP contribution in [-0.4, -0.2) is 40.6 Å². The van der Waals surface area contributed by atoms with Crippen molar-refractivity contribution in [1.29, 1.82) is 0 Å². The molecule has 0 radical (unpaired) electrons. The van der Waals surface area contributed by atoms with E-state index in [1.807, 2.05) is 31.3 Å². The highest BCUT2D eigenvalue weighted by atomic mass is 32.2. The zero-order chi connectivity index (χ0) is 22.4. The maximum absolute atomic E-state index is 13.1. The van der Waals surface area contributed by atoms with Crippen LogP contribution in [0.25, 0.3) is 0 Å². The first-order chi connectivity index (χ1) is 14.6. The number of nitrogens with zero attached hydrogens (tertiary/aromatic N) is 2. The summed E-state index contributed by atoms with van der Waals surface area (Å²) in [5.41, 5.74) is 5.57. The van der Waals surface area contributed by atoms with Crippen molar-refractivity contribution in [2.24, 2.45) is 0 Å². The molecule has 2 aromatic carbocycles. The van der Waals surface area contributed by atoms with Crippen LogP contribution in [0, 0.1) is 0 Å². The van der Waals surface area contributed by atoms with Crippen molar-refractivity contribution in [3.05, 3.63) is 65.4 Å². The van der Waals surface area contributed by atoms with Crippen LogP contribution in [0.5, 0.6) is 0 Å². The van der Waals surface area contributed by atoms with Gasteiger partial charge in [0.1, 0.15) is 0 Å². The monoisotopic (exact) mass is 439 g/mol. The summed E-state index contributed by atoms with van der Waals surface area (Å²) in [6, 6.07) is 13.8. The number of likely N-dealkylation sites (N-methyl/N-ethyl adjacent to an activating group) is 1. The number of sulfonamides is 1. The molecule has 0 unspecified atom stereocenters. The van der Waals surface area contributed by atoms with Crippen molar-refractivity contribution < 1.29 is 13.2 Å². The number of allylic oxidation sites excluding steroid dienone is 1. The van der Waals surface area contributed by atoms with Crippen molar-refractivity contribution in [1.82, 2.24) is 0 Å². The van der Waals surface area contributed by atoms with Gasteiger partial charge in [-0.2, -0.15) is 0 Å². The highest BCUT2D eigenvalue weighted by Gasteiger charge is 2.38. The fourth-order valence-corrected chi connectivity index (χ4v) is 5.40. The average Bonchev–Trinajstić information content (AvgIpc) is 2.89. The first kappa shape index (κ1) is 21.4. The number of hydrogen-bond acceptors (Lipinski definition) is 5. The first-order valence-corrected chi connectivity index (χ1v) is 12.4. The van der Waals surface area contributed by atoms with E-state index in [-0.39, 0.29) is 17.7 Å². The van der Waals surface area contributed by atoms with Crippen LogP contribution in [0.2, 0.25) is 0 Å². The number of nitrogens with one attached hydrogen (secondary N) is 1. The zero-order valence-electron chi connectivity index (χ0n) is 18.5. The fourth-order valence-electron chi connectivity index (χ4n) is 4.81. The molecule has 4 rings (SSSR count). The van der Waals surface area contributed by atoms with Crippen LogP contribution in [0.4, 0.5) is 17.1 Å². The largest absolute Gasteiger partial charge is 0.364 e. The Morgan fingerprint density at radius 2 is 1.84 bits per heavy atom. The van der Waals surface area contributed by atoms with Gasteiger partial charge in [-0.15, -0.1) is 0 Å². The summed E-state index contributed by atoms with van der Waals surface area (Å²) < 4.78 is 26.1. The van der Waals surface area contributed by atoms with Crippen molar-refractivity contribution in [2.45, 2.75) is 32.1 Å². The lowest BCUT2D eigenvalue weighted by Gasteiger charge is -2.32. The molecule has 6 nitrogen and oxygen atoms in total. The van der Waals surface area contributed by atoms with Crippen molar-refractivity contribution >= 4 is 32.9 Å². The van der Waals surface area contributed by atoms with Gasteiger partial charge >= 0.3 is 0 Å². The molecule has 0 amide bonds. The molecule has 0 saturated heterocycles. The third-order valence-electron chi connectivity index (χ3n) is 6.23. The summed E-state index contributed by atoms with van der Waals surface area (Å²) >= 11 is 0. The van der Waals surface area contributed by atoms with Gasteiger partial charge in [-0.05, 0) is 42.2 Å². The first-order valence-electron chi connectivity index (χ1n) is 10.5. The van der Waals surface area contributed by atoms with Gasteiger partial charge < -0.3 is 9.80 Å². The van der Waals surface area contributed by atoms with E-state index in [9.17, 15) is 13.2 Å². The topological polar surface area (TPSA) is 69.7 Å². The number of rotatable bonds is 5. The Morgan fingerprint density at radius 3 is 2.55 bits per heavy atom. The second-order valence-electron chi connectivity index (χ2n) is 8.90. The van der Waals surface area contributed by atoms with E-state index in [0.29, 0.717) is 5.69 Å². The van der Waals surface area contributed by atoms with E-state index >= 15 is 0 Å². The third-order valence-corrected chi connectivity index (χ3v) is 6.82. The van der Waals surface area contributed by atoms with E-state index in [1.165, 1.54) is 5.56 Å². The van der Waals surface area contributed by atoms with E-state index in [1.54, 1.807) is 12.1 Å². The third kappa shape index (κ3) is 4.06. The number of ketones is 1. The lowest BCUT2D eigenvalue weighted by molar-refractivity contribution is -0.113. The quantitative estimate of drug-likeness (QED) is 0.720. The fraction of sp³-hybridized carbons (Fsp3) is 0.375. The highest BCUT2D eigenvalue weighted by Crippen LogP contribution is 2.46. The Bertz CT molecular complexity index is 1170. The Labute approximate surface area is 184 Å². The predicted molar refractivity (Wildman–Crippen MR) is 126 cm³/mol. The SMILES string of the molecule is CN1/C(=C\C(=O)CN2CCCc3c(NS(C)(=O)=O)cccc32)C(C)(C)c2ccccc21. The van der Waals surface area contributed by atoms with Crippen LogP contribution < -0.4 is 14.5 Å². The lowest BCUT2D eigenvalue weighted by atomic mass is 9.83. The van der Waals surface area contributed by atoms with Gasteiger partial charge in [-0.25, -0.2) is 8.42 Å². The molecule has 2 aromatic rings. The maximum atomic E-state index is 13.1. The lowest BCUT2D eigenvalue weighted by Crippen LogP contribution is -2.35. The summed E-state index contributed by atoms with van der Waals surface area (Å²) in [6.07, 6.45) is 4.58. The minimum atomic E-state index is -3.36. The molecule has 0 aliphatic carbocycles. The normalized spacial score (nSPS) is 18.6. The van der Waals surface area contributed by atoms with Gasteiger partial charge in [0.25, 0.3) is 0 Å². The van der Waals surface area contributed by atoms with Crippen LogP contribution >= 0.6 is 0 Å². The predicted octanol–water partition coefficient (Wildman–Crippen LogP) is 3.69.